The second-order valence-electron chi connectivity index (χ2n) is 7.43. The van der Waals surface area contributed by atoms with Gasteiger partial charge in [0.2, 0.25) is 0 Å². The third-order valence-electron chi connectivity index (χ3n) is 6.13. The fraction of sp³-hybridized carbons (Fsp3) is 1.00. The van der Waals surface area contributed by atoms with Gasteiger partial charge in [-0.15, -0.1) is 0 Å². The van der Waals surface area contributed by atoms with Crippen molar-refractivity contribution in [1.29, 1.82) is 0 Å². The van der Waals surface area contributed by atoms with Gasteiger partial charge >= 0.3 is 0 Å². The van der Waals surface area contributed by atoms with Crippen molar-refractivity contribution in [3.05, 3.63) is 0 Å². The Hall–Kier alpha value is -0.0400. The standard InChI is InChI=1S/C15H26O/c1-10-4-5-12-9-15(12)8-11(14(2,3)16)6-7-13(10)15/h10-13,16H,4-9H2,1-3H3/t10-,11?,12?,13?,15?/m0/s1. The van der Waals surface area contributed by atoms with Crippen molar-refractivity contribution in [2.24, 2.45) is 29.1 Å². The normalized spacial score (nSPS) is 51.8. The molecule has 0 amide bonds. The summed E-state index contributed by atoms with van der Waals surface area (Å²) in [6, 6.07) is 0. The minimum atomic E-state index is -0.451. The Morgan fingerprint density at radius 2 is 1.81 bits per heavy atom. The Morgan fingerprint density at radius 3 is 2.50 bits per heavy atom. The van der Waals surface area contributed by atoms with Crippen molar-refractivity contribution >= 4 is 0 Å². The predicted octanol–water partition coefficient (Wildman–Crippen LogP) is 3.61. The predicted molar refractivity (Wildman–Crippen MR) is 66.1 cm³/mol. The monoisotopic (exact) mass is 222 g/mol. The van der Waals surface area contributed by atoms with Crippen LogP contribution in [0, 0.1) is 29.1 Å². The summed E-state index contributed by atoms with van der Waals surface area (Å²) in [6.07, 6.45) is 8.37. The van der Waals surface area contributed by atoms with Crippen LogP contribution in [0.3, 0.4) is 0 Å². The van der Waals surface area contributed by atoms with Crippen molar-refractivity contribution in [3.63, 3.8) is 0 Å². The molecule has 0 aromatic heterocycles. The van der Waals surface area contributed by atoms with E-state index >= 15 is 0 Å². The van der Waals surface area contributed by atoms with Crippen molar-refractivity contribution in [2.75, 3.05) is 0 Å². The van der Waals surface area contributed by atoms with Gasteiger partial charge in [-0.25, -0.2) is 0 Å². The Bertz CT molecular complexity index is 290. The van der Waals surface area contributed by atoms with Gasteiger partial charge in [-0.3, -0.25) is 0 Å². The molecule has 1 spiro atoms. The summed E-state index contributed by atoms with van der Waals surface area (Å²) >= 11 is 0. The third-order valence-corrected chi connectivity index (χ3v) is 6.13. The first-order chi connectivity index (χ1) is 7.43. The summed E-state index contributed by atoms with van der Waals surface area (Å²) < 4.78 is 0. The summed E-state index contributed by atoms with van der Waals surface area (Å²) in [5, 5.41) is 10.2. The van der Waals surface area contributed by atoms with Gasteiger partial charge in [-0.2, -0.15) is 0 Å². The van der Waals surface area contributed by atoms with Crippen LogP contribution in [0.2, 0.25) is 0 Å². The van der Waals surface area contributed by atoms with Crippen LogP contribution in [-0.2, 0) is 0 Å². The van der Waals surface area contributed by atoms with E-state index in [0.717, 1.165) is 17.8 Å². The van der Waals surface area contributed by atoms with E-state index in [1.807, 2.05) is 13.8 Å². The average Bonchev–Trinajstić information content (AvgIpc) is 2.89. The summed E-state index contributed by atoms with van der Waals surface area (Å²) in [6.45, 7) is 6.49. The van der Waals surface area contributed by atoms with Crippen LogP contribution in [0.25, 0.3) is 0 Å². The first-order valence-electron chi connectivity index (χ1n) is 7.16. The summed E-state index contributed by atoms with van der Waals surface area (Å²) in [7, 11) is 0. The van der Waals surface area contributed by atoms with Gasteiger partial charge < -0.3 is 5.11 Å². The molecule has 0 aliphatic heterocycles. The summed E-state index contributed by atoms with van der Waals surface area (Å²) in [4.78, 5) is 0. The molecule has 3 aliphatic carbocycles. The largest absolute Gasteiger partial charge is 0.390 e. The van der Waals surface area contributed by atoms with E-state index in [9.17, 15) is 5.11 Å². The molecule has 0 saturated heterocycles. The minimum absolute atomic E-state index is 0.451. The fourth-order valence-electron chi connectivity index (χ4n) is 4.99. The van der Waals surface area contributed by atoms with E-state index in [1.165, 1.54) is 38.5 Å². The molecule has 1 nitrogen and oxygen atoms in total. The van der Waals surface area contributed by atoms with Crippen LogP contribution < -0.4 is 0 Å². The maximum absolute atomic E-state index is 10.2. The number of rotatable bonds is 1. The number of aliphatic hydroxyl groups is 1. The van der Waals surface area contributed by atoms with Gasteiger partial charge in [-0.1, -0.05) is 13.3 Å². The van der Waals surface area contributed by atoms with Gasteiger partial charge in [0.1, 0.15) is 0 Å². The molecule has 0 bridgehead atoms. The molecule has 1 N–H and O–H groups in total. The zero-order valence-electron chi connectivity index (χ0n) is 11.0. The Kier molecular flexibility index (Phi) is 2.25. The molecule has 3 fully saturated rings. The number of hydrogen-bond acceptors (Lipinski definition) is 1. The van der Waals surface area contributed by atoms with Crippen molar-refractivity contribution < 1.29 is 5.11 Å². The van der Waals surface area contributed by atoms with Gasteiger partial charge in [0.25, 0.3) is 0 Å². The molecular formula is C15H26O. The second-order valence-corrected chi connectivity index (χ2v) is 7.43. The lowest BCUT2D eigenvalue weighted by atomic mass is 9.60. The minimum Gasteiger partial charge on any atom is -0.390 e. The molecule has 16 heavy (non-hydrogen) atoms. The lowest BCUT2D eigenvalue weighted by Crippen LogP contribution is -2.42. The smallest absolute Gasteiger partial charge is 0.0620 e. The van der Waals surface area contributed by atoms with Crippen LogP contribution >= 0.6 is 0 Å². The molecule has 3 aliphatic rings. The van der Waals surface area contributed by atoms with Gasteiger partial charge in [0, 0.05) is 0 Å². The first kappa shape index (κ1) is 11.1. The summed E-state index contributed by atoms with van der Waals surface area (Å²) in [5.41, 5.74) is 0.230. The molecule has 1 heteroatoms. The molecule has 3 saturated carbocycles. The molecule has 3 rings (SSSR count). The van der Waals surface area contributed by atoms with Crippen LogP contribution in [-0.4, -0.2) is 10.7 Å². The third kappa shape index (κ3) is 1.47. The maximum atomic E-state index is 10.2. The highest BCUT2D eigenvalue weighted by Crippen LogP contribution is 2.71. The van der Waals surface area contributed by atoms with Crippen molar-refractivity contribution in [1.82, 2.24) is 0 Å². The number of hydrogen-bond donors (Lipinski definition) is 1. The topological polar surface area (TPSA) is 20.2 Å². The average molecular weight is 222 g/mol. The van der Waals surface area contributed by atoms with E-state index < -0.39 is 5.60 Å². The molecule has 0 radical (unpaired) electrons. The quantitative estimate of drug-likeness (QED) is 0.718. The van der Waals surface area contributed by atoms with Crippen LogP contribution in [0.5, 0.6) is 0 Å². The molecule has 4 unspecified atom stereocenters. The van der Waals surface area contributed by atoms with E-state index in [2.05, 4.69) is 6.92 Å². The first-order valence-corrected chi connectivity index (χ1v) is 7.16. The van der Waals surface area contributed by atoms with Crippen LogP contribution in [0.15, 0.2) is 0 Å². The van der Waals surface area contributed by atoms with Gasteiger partial charge in [-0.05, 0) is 75.0 Å². The Balaban J connectivity index is 1.79. The highest BCUT2D eigenvalue weighted by Gasteiger charge is 2.63. The SMILES string of the molecule is C[C@H]1CCC2CC23CC(C(C)(C)O)CCC13. The van der Waals surface area contributed by atoms with E-state index in [4.69, 9.17) is 0 Å². The van der Waals surface area contributed by atoms with Crippen molar-refractivity contribution in [3.8, 4) is 0 Å². The Morgan fingerprint density at radius 1 is 1.06 bits per heavy atom. The zero-order chi connectivity index (χ0) is 11.6. The van der Waals surface area contributed by atoms with Crippen LogP contribution in [0.1, 0.15) is 59.3 Å². The molecular weight excluding hydrogens is 196 g/mol. The van der Waals surface area contributed by atoms with Crippen molar-refractivity contribution in [2.45, 2.75) is 64.9 Å². The zero-order valence-corrected chi connectivity index (χ0v) is 11.0. The van der Waals surface area contributed by atoms with Crippen LogP contribution in [0.4, 0.5) is 0 Å². The summed E-state index contributed by atoms with van der Waals surface area (Å²) in [5.74, 6) is 3.52. The maximum Gasteiger partial charge on any atom is 0.0620 e. The molecule has 5 atom stereocenters. The van der Waals surface area contributed by atoms with E-state index in [0.29, 0.717) is 11.3 Å². The van der Waals surface area contributed by atoms with E-state index in [1.54, 1.807) is 0 Å². The second kappa shape index (κ2) is 3.25. The van der Waals surface area contributed by atoms with Gasteiger partial charge in [0.05, 0.1) is 5.60 Å². The van der Waals surface area contributed by atoms with Gasteiger partial charge in [0.15, 0.2) is 0 Å². The molecule has 0 aromatic carbocycles. The highest BCUT2D eigenvalue weighted by molar-refractivity contribution is 5.13. The molecule has 0 heterocycles. The highest BCUT2D eigenvalue weighted by atomic mass is 16.3. The lowest BCUT2D eigenvalue weighted by Gasteiger charge is -2.46. The lowest BCUT2D eigenvalue weighted by molar-refractivity contribution is -0.0442. The fourth-order valence-corrected chi connectivity index (χ4v) is 4.99. The molecule has 92 valence electrons. The molecule has 0 aromatic rings. The van der Waals surface area contributed by atoms with E-state index in [-0.39, 0.29) is 0 Å². The Labute approximate surface area is 99.6 Å².